The van der Waals surface area contributed by atoms with Gasteiger partial charge in [0.1, 0.15) is 22.7 Å². The Kier molecular flexibility index (Phi) is 2.28. The summed E-state index contributed by atoms with van der Waals surface area (Å²) in [6.45, 7) is 0. The van der Waals surface area contributed by atoms with Gasteiger partial charge < -0.3 is 10.2 Å². The van der Waals surface area contributed by atoms with E-state index in [9.17, 15) is 0 Å². The predicted molar refractivity (Wildman–Crippen MR) is 79.8 cm³/mol. The highest BCUT2D eigenvalue weighted by Crippen LogP contribution is 2.31. The number of hydrogen-bond donors (Lipinski definition) is 1. The van der Waals surface area contributed by atoms with E-state index in [-0.39, 0.29) is 0 Å². The van der Waals surface area contributed by atoms with Crippen molar-refractivity contribution < 1.29 is 4.42 Å². The number of anilines is 1. The zero-order chi connectivity index (χ0) is 13.7. The third-order valence-electron chi connectivity index (χ3n) is 3.28. The SMILES string of the molecule is Nc1c(-c2cc3ccccc3o2)nc2ccc(Cl)cn12. The average molecular weight is 284 g/mol. The summed E-state index contributed by atoms with van der Waals surface area (Å²) in [5, 5.41) is 1.63. The molecule has 3 aromatic heterocycles. The number of benzene rings is 1. The Labute approximate surface area is 119 Å². The van der Waals surface area contributed by atoms with Crippen LogP contribution < -0.4 is 5.73 Å². The number of imidazole rings is 1. The van der Waals surface area contributed by atoms with E-state index in [0.717, 1.165) is 16.6 Å². The molecule has 4 aromatic rings. The molecule has 0 atom stereocenters. The maximum atomic E-state index is 6.14. The van der Waals surface area contributed by atoms with Gasteiger partial charge in [-0.2, -0.15) is 0 Å². The lowest BCUT2D eigenvalue weighted by atomic mass is 10.2. The molecular formula is C15H10ClN3O. The van der Waals surface area contributed by atoms with E-state index in [1.165, 1.54) is 0 Å². The highest BCUT2D eigenvalue weighted by molar-refractivity contribution is 6.30. The van der Waals surface area contributed by atoms with Gasteiger partial charge in [0.2, 0.25) is 0 Å². The Morgan fingerprint density at radius 3 is 2.85 bits per heavy atom. The van der Waals surface area contributed by atoms with E-state index in [4.69, 9.17) is 21.8 Å². The number of furan rings is 1. The number of rotatable bonds is 1. The molecule has 0 aliphatic heterocycles. The Hall–Kier alpha value is -2.46. The van der Waals surface area contributed by atoms with Crippen molar-refractivity contribution in [3.8, 4) is 11.5 Å². The monoisotopic (exact) mass is 283 g/mol. The molecule has 4 rings (SSSR count). The van der Waals surface area contributed by atoms with Gasteiger partial charge in [0.25, 0.3) is 0 Å². The summed E-state index contributed by atoms with van der Waals surface area (Å²) in [4.78, 5) is 4.50. The zero-order valence-electron chi connectivity index (χ0n) is 10.4. The standard InChI is InChI=1S/C15H10ClN3O/c16-10-5-6-13-18-14(15(17)19(13)8-10)12-7-9-3-1-2-4-11(9)20-12/h1-8H,17H2. The lowest BCUT2D eigenvalue weighted by molar-refractivity contribution is 0.629. The molecule has 0 unspecified atom stereocenters. The lowest BCUT2D eigenvalue weighted by Gasteiger charge is -1.96. The van der Waals surface area contributed by atoms with E-state index < -0.39 is 0 Å². The second-order valence-electron chi connectivity index (χ2n) is 4.57. The van der Waals surface area contributed by atoms with Crippen LogP contribution in [0.15, 0.2) is 53.1 Å². The number of fused-ring (bicyclic) bond motifs is 2. The molecule has 0 bridgehead atoms. The molecule has 5 heteroatoms. The van der Waals surface area contributed by atoms with E-state index in [2.05, 4.69) is 4.98 Å². The number of nitrogen functional groups attached to an aromatic ring is 1. The molecule has 3 heterocycles. The number of hydrogen-bond acceptors (Lipinski definition) is 3. The van der Waals surface area contributed by atoms with Crippen molar-refractivity contribution in [1.29, 1.82) is 0 Å². The fourth-order valence-electron chi connectivity index (χ4n) is 2.32. The molecule has 20 heavy (non-hydrogen) atoms. The van der Waals surface area contributed by atoms with Crippen LogP contribution in [0.4, 0.5) is 5.82 Å². The van der Waals surface area contributed by atoms with Crippen LogP contribution >= 0.6 is 11.6 Å². The normalized spacial score (nSPS) is 11.4. The third kappa shape index (κ3) is 1.58. The number of aromatic nitrogens is 2. The summed E-state index contributed by atoms with van der Waals surface area (Å²) in [5.74, 6) is 1.17. The van der Waals surface area contributed by atoms with Gasteiger partial charge in [-0.1, -0.05) is 29.8 Å². The first-order valence-electron chi connectivity index (χ1n) is 6.14. The third-order valence-corrected chi connectivity index (χ3v) is 3.50. The van der Waals surface area contributed by atoms with Crippen LogP contribution in [0.1, 0.15) is 0 Å². The molecule has 4 nitrogen and oxygen atoms in total. The highest BCUT2D eigenvalue weighted by Gasteiger charge is 2.15. The Morgan fingerprint density at radius 1 is 1.15 bits per heavy atom. The van der Waals surface area contributed by atoms with Crippen LogP contribution in [-0.2, 0) is 0 Å². The molecule has 98 valence electrons. The minimum Gasteiger partial charge on any atom is -0.454 e. The Morgan fingerprint density at radius 2 is 2.00 bits per heavy atom. The first-order chi connectivity index (χ1) is 9.72. The molecule has 0 amide bonds. The van der Waals surface area contributed by atoms with Gasteiger partial charge in [0, 0.05) is 11.6 Å². The topological polar surface area (TPSA) is 56.5 Å². The molecule has 0 spiro atoms. The summed E-state index contributed by atoms with van der Waals surface area (Å²) >= 11 is 5.98. The van der Waals surface area contributed by atoms with Crippen LogP contribution in [0.25, 0.3) is 28.1 Å². The lowest BCUT2D eigenvalue weighted by Crippen LogP contribution is -1.93. The van der Waals surface area contributed by atoms with E-state index in [0.29, 0.717) is 22.3 Å². The van der Waals surface area contributed by atoms with E-state index >= 15 is 0 Å². The van der Waals surface area contributed by atoms with Crippen molar-refractivity contribution in [3.05, 3.63) is 53.7 Å². The first-order valence-corrected chi connectivity index (χ1v) is 6.52. The van der Waals surface area contributed by atoms with E-state index in [1.807, 2.05) is 36.4 Å². The summed E-state index contributed by atoms with van der Waals surface area (Å²) in [5.41, 5.74) is 8.33. The maximum Gasteiger partial charge on any atom is 0.157 e. The second-order valence-corrected chi connectivity index (χ2v) is 5.01. The molecule has 0 saturated heterocycles. The minimum absolute atomic E-state index is 0.515. The van der Waals surface area contributed by atoms with Gasteiger partial charge in [-0.05, 0) is 24.3 Å². The van der Waals surface area contributed by atoms with E-state index in [1.54, 1.807) is 16.7 Å². The van der Waals surface area contributed by atoms with Crippen molar-refractivity contribution in [1.82, 2.24) is 9.38 Å². The van der Waals surface area contributed by atoms with Gasteiger partial charge in [-0.3, -0.25) is 4.40 Å². The number of nitrogens with zero attached hydrogens (tertiary/aromatic N) is 2. The van der Waals surface area contributed by atoms with Crippen molar-refractivity contribution in [2.24, 2.45) is 0 Å². The molecular weight excluding hydrogens is 274 g/mol. The van der Waals surface area contributed by atoms with Crippen LogP contribution in [0, 0.1) is 0 Å². The van der Waals surface area contributed by atoms with Gasteiger partial charge in [0.05, 0.1) is 5.02 Å². The van der Waals surface area contributed by atoms with Gasteiger partial charge in [0.15, 0.2) is 5.76 Å². The van der Waals surface area contributed by atoms with Crippen molar-refractivity contribution >= 4 is 34.0 Å². The summed E-state index contributed by atoms with van der Waals surface area (Å²) in [7, 11) is 0. The predicted octanol–water partition coefficient (Wildman–Crippen LogP) is 3.98. The molecule has 0 radical (unpaired) electrons. The van der Waals surface area contributed by atoms with Crippen molar-refractivity contribution in [2.45, 2.75) is 0 Å². The van der Waals surface area contributed by atoms with Crippen molar-refractivity contribution in [2.75, 3.05) is 5.73 Å². The number of halogens is 1. The van der Waals surface area contributed by atoms with Gasteiger partial charge in [-0.15, -0.1) is 0 Å². The molecule has 2 N–H and O–H groups in total. The number of nitrogens with two attached hydrogens (primary N) is 1. The average Bonchev–Trinajstić information content (AvgIpc) is 3.01. The molecule has 0 saturated carbocycles. The van der Waals surface area contributed by atoms with Gasteiger partial charge >= 0.3 is 0 Å². The second kappa shape index (κ2) is 4.02. The highest BCUT2D eigenvalue weighted by atomic mass is 35.5. The molecule has 0 fully saturated rings. The van der Waals surface area contributed by atoms with Crippen LogP contribution in [0.3, 0.4) is 0 Å². The minimum atomic E-state index is 0.515. The Balaban J connectivity index is 1.99. The van der Waals surface area contributed by atoms with Gasteiger partial charge in [-0.25, -0.2) is 4.98 Å². The molecule has 0 aliphatic carbocycles. The van der Waals surface area contributed by atoms with Crippen LogP contribution in [0.2, 0.25) is 5.02 Å². The fourth-order valence-corrected chi connectivity index (χ4v) is 2.48. The number of pyridine rings is 1. The smallest absolute Gasteiger partial charge is 0.157 e. The molecule has 1 aromatic carbocycles. The summed E-state index contributed by atoms with van der Waals surface area (Å²) in [6.07, 6.45) is 1.74. The fraction of sp³-hybridized carbons (Fsp3) is 0. The largest absolute Gasteiger partial charge is 0.454 e. The summed E-state index contributed by atoms with van der Waals surface area (Å²) in [6, 6.07) is 13.4. The maximum absolute atomic E-state index is 6.14. The summed E-state index contributed by atoms with van der Waals surface area (Å²) < 4.78 is 7.56. The van der Waals surface area contributed by atoms with Crippen molar-refractivity contribution in [3.63, 3.8) is 0 Å². The molecule has 0 aliphatic rings. The van der Waals surface area contributed by atoms with Crippen LogP contribution in [0.5, 0.6) is 0 Å². The zero-order valence-corrected chi connectivity index (χ0v) is 11.1. The first kappa shape index (κ1) is 11.4. The quantitative estimate of drug-likeness (QED) is 0.575. The Bertz CT molecular complexity index is 906. The van der Waals surface area contributed by atoms with Crippen LogP contribution in [-0.4, -0.2) is 9.38 Å². The number of para-hydroxylation sites is 1.